The zero-order valence-corrected chi connectivity index (χ0v) is 13.8. The second-order valence-corrected chi connectivity index (χ2v) is 5.81. The number of nitrogens with zero attached hydrogens (tertiary/aromatic N) is 2. The predicted octanol–water partition coefficient (Wildman–Crippen LogP) is 1.28. The first kappa shape index (κ1) is 17.7. The van der Waals surface area contributed by atoms with Gasteiger partial charge in [0.25, 0.3) is 5.91 Å². The standard InChI is InChI=1S/C13H24N4O3S/c1-9(2)15-13-16-11(14)10(21-13)12(18)17(5-7-19-3)6-8-20-4/h9H,5-8,14H2,1-4H3,(H,15,16). The van der Waals surface area contributed by atoms with Gasteiger partial charge in [-0.25, -0.2) is 4.98 Å². The van der Waals surface area contributed by atoms with Crippen LogP contribution in [0, 0.1) is 0 Å². The number of nitrogen functional groups attached to an aromatic ring is 1. The molecule has 1 rings (SSSR count). The smallest absolute Gasteiger partial charge is 0.268 e. The van der Waals surface area contributed by atoms with Crippen molar-refractivity contribution >= 4 is 28.2 Å². The van der Waals surface area contributed by atoms with Crippen molar-refractivity contribution in [3.05, 3.63) is 4.88 Å². The lowest BCUT2D eigenvalue weighted by molar-refractivity contribution is 0.0632. The fourth-order valence-corrected chi connectivity index (χ4v) is 2.65. The second kappa shape index (κ2) is 8.81. The molecule has 0 aromatic carbocycles. The van der Waals surface area contributed by atoms with Crippen molar-refractivity contribution in [3.63, 3.8) is 0 Å². The summed E-state index contributed by atoms with van der Waals surface area (Å²) in [4.78, 5) is 18.9. The molecule has 3 N–H and O–H groups in total. The van der Waals surface area contributed by atoms with Crippen molar-refractivity contribution < 1.29 is 14.3 Å². The van der Waals surface area contributed by atoms with E-state index in [-0.39, 0.29) is 17.8 Å². The molecule has 1 amide bonds. The number of rotatable bonds is 9. The Morgan fingerprint density at radius 2 is 1.90 bits per heavy atom. The molecule has 120 valence electrons. The summed E-state index contributed by atoms with van der Waals surface area (Å²) < 4.78 is 10.1. The molecule has 7 nitrogen and oxygen atoms in total. The maximum absolute atomic E-state index is 12.6. The lowest BCUT2D eigenvalue weighted by Gasteiger charge is -2.21. The van der Waals surface area contributed by atoms with Gasteiger partial charge in [-0.1, -0.05) is 11.3 Å². The van der Waals surface area contributed by atoms with Gasteiger partial charge in [0.15, 0.2) is 5.13 Å². The summed E-state index contributed by atoms with van der Waals surface area (Å²) in [5, 5.41) is 3.81. The highest BCUT2D eigenvalue weighted by Crippen LogP contribution is 2.26. The van der Waals surface area contributed by atoms with Crippen LogP contribution in [0.1, 0.15) is 23.5 Å². The first-order chi connectivity index (χ1) is 9.99. The molecule has 1 aromatic rings. The first-order valence-electron chi connectivity index (χ1n) is 6.79. The van der Waals surface area contributed by atoms with Gasteiger partial charge < -0.3 is 25.4 Å². The average molecular weight is 316 g/mol. The Morgan fingerprint density at radius 3 is 2.38 bits per heavy atom. The number of amides is 1. The summed E-state index contributed by atoms with van der Waals surface area (Å²) in [5.74, 6) is 0.115. The highest BCUT2D eigenvalue weighted by Gasteiger charge is 2.22. The lowest BCUT2D eigenvalue weighted by Crippen LogP contribution is -2.36. The number of nitrogens with one attached hydrogen (secondary N) is 1. The van der Waals surface area contributed by atoms with Crippen LogP contribution in [-0.2, 0) is 9.47 Å². The normalized spacial score (nSPS) is 10.9. The van der Waals surface area contributed by atoms with Gasteiger partial charge in [-0.2, -0.15) is 0 Å². The molecular formula is C13H24N4O3S. The number of methoxy groups -OCH3 is 2. The van der Waals surface area contributed by atoms with Crippen LogP contribution in [0.15, 0.2) is 0 Å². The monoisotopic (exact) mass is 316 g/mol. The molecule has 0 atom stereocenters. The molecule has 0 aliphatic heterocycles. The highest BCUT2D eigenvalue weighted by atomic mass is 32.1. The maximum Gasteiger partial charge on any atom is 0.268 e. The molecule has 0 aliphatic carbocycles. The summed E-state index contributed by atoms with van der Waals surface area (Å²) in [7, 11) is 3.20. The zero-order chi connectivity index (χ0) is 15.8. The van der Waals surface area contributed by atoms with Gasteiger partial charge in [-0.05, 0) is 13.8 Å². The number of hydrogen-bond acceptors (Lipinski definition) is 7. The number of thiazole rings is 1. The van der Waals surface area contributed by atoms with E-state index in [1.165, 1.54) is 11.3 Å². The summed E-state index contributed by atoms with van der Waals surface area (Å²) in [6, 6.07) is 0.233. The molecule has 0 radical (unpaired) electrons. The first-order valence-corrected chi connectivity index (χ1v) is 7.61. The molecule has 0 fully saturated rings. The van der Waals surface area contributed by atoms with Crippen molar-refractivity contribution in [1.29, 1.82) is 0 Å². The third kappa shape index (κ3) is 5.49. The van der Waals surface area contributed by atoms with E-state index in [1.807, 2.05) is 13.8 Å². The Balaban J connectivity index is 2.83. The Hall–Kier alpha value is -1.38. The summed E-state index contributed by atoms with van der Waals surface area (Å²) >= 11 is 1.27. The Bertz CT molecular complexity index is 443. The van der Waals surface area contributed by atoms with Crippen LogP contribution in [0.3, 0.4) is 0 Å². The van der Waals surface area contributed by atoms with E-state index in [4.69, 9.17) is 15.2 Å². The highest BCUT2D eigenvalue weighted by molar-refractivity contribution is 7.18. The van der Waals surface area contributed by atoms with Crippen LogP contribution in [0.4, 0.5) is 10.9 Å². The number of aromatic nitrogens is 1. The van der Waals surface area contributed by atoms with Gasteiger partial charge in [-0.3, -0.25) is 4.79 Å². The Labute approximate surface area is 129 Å². The average Bonchev–Trinajstić information content (AvgIpc) is 2.78. The van der Waals surface area contributed by atoms with E-state index < -0.39 is 0 Å². The second-order valence-electron chi connectivity index (χ2n) is 4.81. The fourth-order valence-electron chi connectivity index (χ4n) is 1.66. The minimum absolute atomic E-state index is 0.143. The number of nitrogens with two attached hydrogens (primary N) is 1. The number of carbonyl (C=O) groups excluding carboxylic acids is 1. The maximum atomic E-state index is 12.6. The molecule has 0 saturated carbocycles. The molecule has 1 aromatic heterocycles. The molecule has 8 heteroatoms. The number of carbonyl (C=O) groups is 1. The van der Waals surface area contributed by atoms with Gasteiger partial charge in [0, 0.05) is 33.4 Å². The van der Waals surface area contributed by atoms with Gasteiger partial charge >= 0.3 is 0 Å². The Morgan fingerprint density at radius 1 is 1.33 bits per heavy atom. The molecule has 21 heavy (non-hydrogen) atoms. The van der Waals surface area contributed by atoms with E-state index in [2.05, 4.69) is 10.3 Å². The zero-order valence-electron chi connectivity index (χ0n) is 13.0. The molecule has 0 unspecified atom stereocenters. The van der Waals surface area contributed by atoms with Crippen molar-refractivity contribution in [3.8, 4) is 0 Å². The van der Waals surface area contributed by atoms with E-state index in [0.29, 0.717) is 36.3 Å². The number of anilines is 2. The van der Waals surface area contributed by atoms with Gasteiger partial charge in [0.2, 0.25) is 0 Å². The van der Waals surface area contributed by atoms with Gasteiger partial charge in [0.1, 0.15) is 10.7 Å². The van der Waals surface area contributed by atoms with Crippen molar-refractivity contribution in [2.45, 2.75) is 19.9 Å². The topological polar surface area (TPSA) is 89.7 Å². The van der Waals surface area contributed by atoms with Gasteiger partial charge in [0.05, 0.1) is 13.2 Å². The molecule has 0 aliphatic rings. The largest absolute Gasteiger partial charge is 0.383 e. The van der Waals surface area contributed by atoms with Crippen LogP contribution < -0.4 is 11.1 Å². The van der Waals surface area contributed by atoms with Crippen LogP contribution >= 0.6 is 11.3 Å². The lowest BCUT2D eigenvalue weighted by atomic mass is 10.4. The predicted molar refractivity (Wildman–Crippen MR) is 84.9 cm³/mol. The van der Waals surface area contributed by atoms with Crippen LogP contribution in [-0.4, -0.2) is 62.4 Å². The van der Waals surface area contributed by atoms with Crippen molar-refractivity contribution in [1.82, 2.24) is 9.88 Å². The van der Waals surface area contributed by atoms with Crippen LogP contribution in [0.2, 0.25) is 0 Å². The molecule has 1 heterocycles. The number of hydrogen-bond donors (Lipinski definition) is 2. The van der Waals surface area contributed by atoms with E-state index >= 15 is 0 Å². The van der Waals surface area contributed by atoms with Crippen LogP contribution in [0.25, 0.3) is 0 Å². The molecule has 0 spiro atoms. The Kier molecular flexibility index (Phi) is 7.41. The van der Waals surface area contributed by atoms with E-state index in [0.717, 1.165) is 0 Å². The van der Waals surface area contributed by atoms with E-state index in [9.17, 15) is 4.79 Å². The van der Waals surface area contributed by atoms with Crippen molar-refractivity contribution in [2.75, 3.05) is 51.6 Å². The van der Waals surface area contributed by atoms with E-state index in [1.54, 1.807) is 19.1 Å². The fraction of sp³-hybridized carbons (Fsp3) is 0.692. The molecule has 0 saturated heterocycles. The minimum Gasteiger partial charge on any atom is -0.383 e. The summed E-state index contributed by atoms with van der Waals surface area (Å²) in [6.07, 6.45) is 0. The third-order valence-electron chi connectivity index (χ3n) is 2.68. The molecular weight excluding hydrogens is 292 g/mol. The number of ether oxygens (including phenoxy) is 2. The SMILES string of the molecule is COCCN(CCOC)C(=O)c1sc(NC(C)C)nc1N. The minimum atomic E-state index is -0.143. The third-order valence-corrected chi connectivity index (χ3v) is 3.67. The summed E-state index contributed by atoms with van der Waals surface area (Å²) in [6.45, 7) is 5.91. The summed E-state index contributed by atoms with van der Waals surface area (Å²) in [5.41, 5.74) is 5.86. The van der Waals surface area contributed by atoms with Gasteiger partial charge in [-0.15, -0.1) is 0 Å². The quantitative estimate of drug-likeness (QED) is 0.713. The van der Waals surface area contributed by atoms with Crippen molar-refractivity contribution in [2.24, 2.45) is 0 Å². The molecule has 0 bridgehead atoms. The van der Waals surface area contributed by atoms with Crippen LogP contribution in [0.5, 0.6) is 0 Å².